The maximum absolute atomic E-state index is 10.5. The summed E-state index contributed by atoms with van der Waals surface area (Å²) >= 11 is 0. The van der Waals surface area contributed by atoms with Crippen molar-refractivity contribution in [1.82, 2.24) is 9.80 Å². The predicted molar refractivity (Wildman–Crippen MR) is 42.1 cm³/mol. The summed E-state index contributed by atoms with van der Waals surface area (Å²) in [5.41, 5.74) is 0. The third-order valence-electron chi connectivity index (χ3n) is 2.15. The van der Waals surface area contributed by atoms with Crippen LogP contribution in [0, 0.1) is 0 Å². The first-order valence-electron chi connectivity index (χ1n) is 3.91. The molecule has 3 atom stereocenters. The molecule has 2 N–H and O–H groups in total. The van der Waals surface area contributed by atoms with Crippen molar-refractivity contribution in [1.29, 1.82) is 0 Å². The summed E-state index contributed by atoms with van der Waals surface area (Å²) in [6.45, 7) is 1.90. The first-order chi connectivity index (χ1) is 6.11. The van der Waals surface area contributed by atoms with Crippen LogP contribution in [0.4, 0.5) is 0 Å². The molecule has 74 valence electrons. The van der Waals surface area contributed by atoms with Crippen LogP contribution in [0.2, 0.25) is 0 Å². The summed E-state index contributed by atoms with van der Waals surface area (Å²) in [5, 5.41) is 18.7. The Morgan fingerprint density at radius 1 is 1.23 bits per heavy atom. The molecule has 1 rings (SSSR count). The second-order valence-electron chi connectivity index (χ2n) is 3.03. The van der Waals surface area contributed by atoms with Gasteiger partial charge in [0, 0.05) is 12.6 Å². The largest absolute Gasteiger partial charge is 0.369 e. The monoisotopic (exact) mass is 188 g/mol. The number of amides is 2. The number of rotatable bonds is 2. The van der Waals surface area contributed by atoms with Gasteiger partial charge in [0.15, 0.2) is 12.5 Å². The Morgan fingerprint density at radius 3 is 2.31 bits per heavy atom. The zero-order valence-electron chi connectivity index (χ0n) is 7.20. The van der Waals surface area contributed by atoms with Gasteiger partial charge < -0.3 is 20.0 Å². The summed E-state index contributed by atoms with van der Waals surface area (Å²) in [6.07, 6.45) is -1.77. The van der Waals surface area contributed by atoms with E-state index in [0.29, 0.717) is 12.8 Å². The van der Waals surface area contributed by atoms with E-state index in [1.54, 1.807) is 6.92 Å². The van der Waals surface area contributed by atoms with Crippen molar-refractivity contribution in [3.8, 4) is 0 Å². The molecule has 6 heteroatoms. The standard InChI is InChI=1S/C7H12N2O4/c1-5-2-8(3-10)6(12)7(13)9(5)4-11/h3-7,12-13H,2H2,1H3/t5-,6-,7-/m1/s1. The summed E-state index contributed by atoms with van der Waals surface area (Å²) < 4.78 is 0. The third kappa shape index (κ3) is 1.63. The number of nitrogens with zero attached hydrogens (tertiary/aromatic N) is 2. The summed E-state index contributed by atoms with van der Waals surface area (Å²) in [7, 11) is 0. The molecule has 1 heterocycles. The van der Waals surface area contributed by atoms with Crippen molar-refractivity contribution in [3.63, 3.8) is 0 Å². The molecule has 0 spiro atoms. The molecule has 0 unspecified atom stereocenters. The van der Waals surface area contributed by atoms with E-state index < -0.39 is 12.5 Å². The van der Waals surface area contributed by atoms with E-state index in [9.17, 15) is 19.8 Å². The lowest BCUT2D eigenvalue weighted by Crippen LogP contribution is -2.62. The summed E-state index contributed by atoms with van der Waals surface area (Å²) in [4.78, 5) is 23.0. The molecular weight excluding hydrogens is 176 g/mol. The van der Waals surface area contributed by atoms with Gasteiger partial charge >= 0.3 is 0 Å². The maximum Gasteiger partial charge on any atom is 0.212 e. The quantitative estimate of drug-likeness (QED) is 0.488. The van der Waals surface area contributed by atoms with Crippen LogP contribution in [0.1, 0.15) is 6.92 Å². The predicted octanol–water partition coefficient (Wildman–Crippen LogP) is -2.06. The van der Waals surface area contributed by atoms with E-state index in [1.807, 2.05) is 0 Å². The lowest BCUT2D eigenvalue weighted by atomic mass is 10.2. The first-order valence-corrected chi connectivity index (χ1v) is 3.91. The summed E-state index contributed by atoms with van der Waals surface area (Å²) in [5.74, 6) is 0. The maximum atomic E-state index is 10.5. The molecule has 0 aromatic rings. The summed E-state index contributed by atoms with van der Waals surface area (Å²) in [6, 6.07) is -0.291. The number of aliphatic hydroxyl groups is 2. The number of hydrogen-bond acceptors (Lipinski definition) is 4. The van der Waals surface area contributed by atoms with E-state index in [0.717, 1.165) is 9.80 Å². The second-order valence-corrected chi connectivity index (χ2v) is 3.03. The van der Waals surface area contributed by atoms with Crippen LogP contribution >= 0.6 is 0 Å². The van der Waals surface area contributed by atoms with Crippen molar-refractivity contribution in [3.05, 3.63) is 0 Å². The fraction of sp³-hybridized carbons (Fsp3) is 0.714. The topological polar surface area (TPSA) is 81.1 Å². The molecule has 0 radical (unpaired) electrons. The molecule has 0 aliphatic carbocycles. The van der Waals surface area contributed by atoms with Gasteiger partial charge in [0.2, 0.25) is 12.8 Å². The van der Waals surface area contributed by atoms with E-state index in [2.05, 4.69) is 0 Å². The molecule has 0 aromatic carbocycles. The van der Waals surface area contributed by atoms with Gasteiger partial charge in [-0.3, -0.25) is 9.59 Å². The van der Waals surface area contributed by atoms with Gasteiger partial charge in [0.05, 0.1) is 0 Å². The van der Waals surface area contributed by atoms with Crippen LogP contribution in [-0.4, -0.2) is 57.9 Å². The van der Waals surface area contributed by atoms with Gasteiger partial charge in [-0.05, 0) is 6.92 Å². The Morgan fingerprint density at radius 2 is 1.85 bits per heavy atom. The normalized spacial score (nSPS) is 34.5. The zero-order valence-corrected chi connectivity index (χ0v) is 7.20. The molecule has 2 amide bonds. The van der Waals surface area contributed by atoms with E-state index in [1.165, 1.54) is 0 Å². The first kappa shape index (κ1) is 9.94. The highest BCUT2D eigenvalue weighted by molar-refractivity contribution is 5.52. The van der Waals surface area contributed by atoms with Gasteiger partial charge in [-0.15, -0.1) is 0 Å². The van der Waals surface area contributed by atoms with Crippen molar-refractivity contribution < 1.29 is 19.8 Å². The van der Waals surface area contributed by atoms with Crippen LogP contribution in [-0.2, 0) is 9.59 Å². The Bertz CT molecular complexity index is 211. The average molecular weight is 188 g/mol. The fourth-order valence-corrected chi connectivity index (χ4v) is 1.36. The van der Waals surface area contributed by atoms with Crippen LogP contribution in [0.5, 0.6) is 0 Å². The fourth-order valence-electron chi connectivity index (χ4n) is 1.36. The minimum absolute atomic E-state index is 0.223. The lowest BCUT2D eigenvalue weighted by molar-refractivity contribution is -0.191. The smallest absolute Gasteiger partial charge is 0.212 e. The molecule has 13 heavy (non-hydrogen) atoms. The third-order valence-corrected chi connectivity index (χ3v) is 2.15. The Labute approximate surface area is 75.4 Å². The highest BCUT2D eigenvalue weighted by atomic mass is 16.4. The van der Waals surface area contributed by atoms with Gasteiger partial charge in [0.1, 0.15) is 0 Å². The van der Waals surface area contributed by atoms with Gasteiger partial charge in [0.25, 0.3) is 0 Å². The molecule has 1 saturated heterocycles. The van der Waals surface area contributed by atoms with Crippen molar-refractivity contribution in [2.24, 2.45) is 0 Å². The number of carbonyl (C=O) groups excluding carboxylic acids is 2. The molecule has 0 bridgehead atoms. The average Bonchev–Trinajstić information content (AvgIpc) is 2.12. The van der Waals surface area contributed by atoms with E-state index in [4.69, 9.17) is 0 Å². The van der Waals surface area contributed by atoms with Crippen LogP contribution in [0.25, 0.3) is 0 Å². The highest BCUT2D eigenvalue weighted by Crippen LogP contribution is 2.15. The molecule has 0 aromatic heterocycles. The minimum Gasteiger partial charge on any atom is -0.369 e. The molecule has 1 fully saturated rings. The molecule has 1 aliphatic heterocycles. The Hall–Kier alpha value is -1.14. The van der Waals surface area contributed by atoms with Crippen LogP contribution in [0.3, 0.4) is 0 Å². The Balaban J connectivity index is 2.77. The highest BCUT2D eigenvalue weighted by Gasteiger charge is 2.36. The van der Waals surface area contributed by atoms with Crippen molar-refractivity contribution >= 4 is 12.8 Å². The zero-order chi connectivity index (χ0) is 10.0. The van der Waals surface area contributed by atoms with Crippen molar-refractivity contribution in [2.75, 3.05) is 6.54 Å². The SMILES string of the molecule is C[C@@H]1CN(C=O)[C@H](O)[C@@H](O)N1C=O. The van der Waals surface area contributed by atoms with E-state index in [-0.39, 0.29) is 12.6 Å². The van der Waals surface area contributed by atoms with Gasteiger partial charge in [-0.2, -0.15) is 0 Å². The lowest BCUT2D eigenvalue weighted by Gasteiger charge is -2.43. The van der Waals surface area contributed by atoms with Gasteiger partial charge in [-0.25, -0.2) is 0 Å². The number of hydrogen-bond donors (Lipinski definition) is 2. The molecule has 0 saturated carbocycles. The number of aliphatic hydroxyl groups excluding tert-OH is 2. The van der Waals surface area contributed by atoms with Crippen molar-refractivity contribution in [2.45, 2.75) is 25.4 Å². The molecule has 1 aliphatic rings. The van der Waals surface area contributed by atoms with E-state index >= 15 is 0 Å². The number of piperazine rings is 1. The van der Waals surface area contributed by atoms with Crippen LogP contribution < -0.4 is 0 Å². The Kier molecular flexibility index (Phi) is 2.84. The molecule has 6 nitrogen and oxygen atoms in total. The number of carbonyl (C=O) groups is 2. The van der Waals surface area contributed by atoms with Crippen LogP contribution in [0.15, 0.2) is 0 Å². The van der Waals surface area contributed by atoms with Gasteiger partial charge in [-0.1, -0.05) is 0 Å². The second kappa shape index (κ2) is 3.71. The molecular formula is C7H12N2O4. The minimum atomic E-state index is -1.34.